The SMILES string of the molecule is C=CC(C)(C=C)OC(C)C. The Bertz CT molecular complexity index is 117. The Hall–Kier alpha value is -0.560. The van der Waals surface area contributed by atoms with Crippen molar-refractivity contribution >= 4 is 0 Å². The Morgan fingerprint density at radius 2 is 1.70 bits per heavy atom. The van der Waals surface area contributed by atoms with Gasteiger partial charge in [-0.3, -0.25) is 0 Å². The molecule has 10 heavy (non-hydrogen) atoms. The van der Waals surface area contributed by atoms with Crippen molar-refractivity contribution in [1.29, 1.82) is 0 Å². The van der Waals surface area contributed by atoms with Crippen LogP contribution in [0.3, 0.4) is 0 Å². The largest absolute Gasteiger partial charge is 0.364 e. The molecule has 0 amide bonds. The molecule has 0 N–H and O–H groups in total. The van der Waals surface area contributed by atoms with Gasteiger partial charge in [0.25, 0.3) is 0 Å². The summed E-state index contributed by atoms with van der Waals surface area (Å²) >= 11 is 0. The predicted molar refractivity (Wildman–Crippen MR) is 45.0 cm³/mol. The van der Waals surface area contributed by atoms with Crippen molar-refractivity contribution in [3.63, 3.8) is 0 Å². The first-order valence-electron chi connectivity index (χ1n) is 3.49. The minimum atomic E-state index is -0.367. The molecule has 0 rings (SSSR count). The van der Waals surface area contributed by atoms with E-state index in [1.807, 2.05) is 20.8 Å². The molecule has 0 aromatic carbocycles. The third-order valence-electron chi connectivity index (χ3n) is 1.30. The summed E-state index contributed by atoms with van der Waals surface area (Å²) < 4.78 is 5.50. The fraction of sp³-hybridized carbons (Fsp3) is 0.556. The van der Waals surface area contributed by atoms with Gasteiger partial charge >= 0.3 is 0 Å². The maximum atomic E-state index is 5.50. The summed E-state index contributed by atoms with van der Waals surface area (Å²) in [7, 11) is 0. The van der Waals surface area contributed by atoms with E-state index in [4.69, 9.17) is 4.74 Å². The molecular formula is C9H16O. The van der Waals surface area contributed by atoms with Gasteiger partial charge < -0.3 is 4.74 Å². The van der Waals surface area contributed by atoms with Crippen LogP contribution in [0.1, 0.15) is 20.8 Å². The van der Waals surface area contributed by atoms with E-state index < -0.39 is 0 Å². The molecule has 0 bridgehead atoms. The van der Waals surface area contributed by atoms with Crippen LogP contribution in [0.5, 0.6) is 0 Å². The van der Waals surface area contributed by atoms with Gasteiger partial charge in [-0.25, -0.2) is 0 Å². The summed E-state index contributed by atoms with van der Waals surface area (Å²) in [5.74, 6) is 0. The lowest BCUT2D eigenvalue weighted by Crippen LogP contribution is -2.26. The fourth-order valence-electron chi connectivity index (χ4n) is 0.687. The second kappa shape index (κ2) is 3.57. The number of ether oxygens (including phenoxy) is 1. The van der Waals surface area contributed by atoms with Crippen LogP contribution in [-0.2, 0) is 4.74 Å². The van der Waals surface area contributed by atoms with Gasteiger partial charge in [0.2, 0.25) is 0 Å². The maximum absolute atomic E-state index is 5.50. The van der Waals surface area contributed by atoms with Crippen molar-refractivity contribution in [2.75, 3.05) is 0 Å². The Balaban J connectivity index is 4.05. The molecule has 0 aliphatic heterocycles. The van der Waals surface area contributed by atoms with Crippen LogP contribution in [0.2, 0.25) is 0 Å². The molecule has 0 aliphatic rings. The molecule has 1 nitrogen and oxygen atoms in total. The molecule has 0 spiro atoms. The van der Waals surface area contributed by atoms with Crippen LogP contribution in [0.15, 0.2) is 25.3 Å². The molecule has 0 heterocycles. The standard InChI is InChI=1S/C9H16O/c1-6-9(5,7-2)10-8(3)4/h6-8H,1-2H2,3-5H3. The minimum absolute atomic E-state index is 0.209. The molecule has 0 fully saturated rings. The second-order valence-corrected chi connectivity index (χ2v) is 2.76. The lowest BCUT2D eigenvalue weighted by molar-refractivity contribution is -0.00322. The van der Waals surface area contributed by atoms with Gasteiger partial charge in [-0.15, -0.1) is 0 Å². The van der Waals surface area contributed by atoms with Crippen LogP contribution in [-0.4, -0.2) is 11.7 Å². The van der Waals surface area contributed by atoms with Crippen molar-refractivity contribution in [3.05, 3.63) is 25.3 Å². The Morgan fingerprint density at radius 3 is 1.80 bits per heavy atom. The topological polar surface area (TPSA) is 9.23 Å². The van der Waals surface area contributed by atoms with E-state index in [2.05, 4.69) is 13.2 Å². The van der Waals surface area contributed by atoms with Gasteiger partial charge in [0.15, 0.2) is 0 Å². The van der Waals surface area contributed by atoms with E-state index in [0.29, 0.717) is 0 Å². The summed E-state index contributed by atoms with van der Waals surface area (Å²) in [6.07, 6.45) is 3.71. The first-order valence-corrected chi connectivity index (χ1v) is 3.49. The first kappa shape index (κ1) is 9.44. The zero-order valence-electron chi connectivity index (χ0n) is 7.05. The Morgan fingerprint density at radius 1 is 1.30 bits per heavy atom. The van der Waals surface area contributed by atoms with Crippen molar-refractivity contribution in [1.82, 2.24) is 0 Å². The third kappa shape index (κ3) is 2.83. The highest BCUT2D eigenvalue weighted by atomic mass is 16.5. The average molecular weight is 140 g/mol. The summed E-state index contributed by atoms with van der Waals surface area (Å²) in [6.45, 7) is 13.2. The lowest BCUT2D eigenvalue weighted by atomic mass is 10.1. The van der Waals surface area contributed by atoms with Crippen molar-refractivity contribution in [2.24, 2.45) is 0 Å². The Kier molecular flexibility index (Phi) is 3.37. The molecule has 0 aliphatic carbocycles. The average Bonchev–Trinajstić information content (AvgIpc) is 1.87. The molecule has 0 atom stereocenters. The summed E-state index contributed by atoms with van der Waals surface area (Å²) in [6, 6.07) is 0. The molecule has 1 heteroatoms. The molecule has 0 saturated carbocycles. The van der Waals surface area contributed by atoms with Crippen LogP contribution >= 0.6 is 0 Å². The molecule has 58 valence electrons. The number of hydrogen-bond donors (Lipinski definition) is 0. The van der Waals surface area contributed by atoms with Gasteiger partial charge in [0.1, 0.15) is 5.60 Å². The van der Waals surface area contributed by atoms with Crippen LogP contribution < -0.4 is 0 Å². The van der Waals surface area contributed by atoms with Gasteiger partial charge in [0.05, 0.1) is 6.10 Å². The van der Waals surface area contributed by atoms with Gasteiger partial charge in [0, 0.05) is 0 Å². The second-order valence-electron chi connectivity index (χ2n) is 2.76. The smallest absolute Gasteiger partial charge is 0.101 e. The lowest BCUT2D eigenvalue weighted by Gasteiger charge is -2.24. The van der Waals surface area contributed by atoms with Crippen LogP contribution in [0.4, 0.5) is 0 Å². The molecule has 0 aromatic heterocycles. The van der Waals surface area contributed by atoms with Crippen LogP contribution in [0, 0.1) is 0 Å². The zero-order valence-corrected chi connectivity index (χ0v) is 7.05. The van der Waals surface area contributed by atoms with E-state index in [9.17, 15) is 0 Å². The molecule has 0 unspecified atom stereocenters. The van der Waals surface area contributed by atoms with Gasteiger partial charge in [-0.2, -0.15) is 0 Å². The number of hydrogen-bond acceptors (Lipinski definition) is 1. The highest BCUT2D eigenvalue weighted by molar-refractivity contribution is 5.06. The van der Waals surface area contributed by atoms with E-state index in [0.717, 1.165) is 0 Å². The highest BCUT2D eigenvalue weighted by Gasteiger charge is 2.16. The highest BCUT2D eigenvalue weighted by Crippen LogP contribution is 2.14. The summed E-state index contributed by atoms with van der Waals surface area (Å²) in [5.41, 5.74) is -0.367. The molecule has 0 saturated heterocycles. The van der Waals surface area contributed by atoms with E-state index in [1.54, 1.807) is 12.2 Å². The summed E-state index contributed by atoms with van der Waals surface area (Å²) in [5, 5.41) is 0. The van der Waals surface area contributed by atoms with Crippen molar-refractivity contribution < 1.29 is 4.74 Å². The minimum Gasteiger partial charge on any atom is -0.364 e. The van der Waals surface area contributed by atoms with E-state index >= 15 is 0 Å². The van der Waals surface area contributed by atoms with Crippen molar-refractivity contribution in [2.45, 2.75) is 32.5 Å². The van der Waals surface area contributed by atoms with Crippen LogP contribution in [0.25, 0.3) is 0 Å². The normalized spacial score (nSPS) is 11.6. The Labute approximate surface area is 63.4 Å². The summed E-state index contributed by atoms with van der Waals surface area (Å²) in [4.78, 5) is 0. The molecule has 0 radical (unpaired) electrons. The monoisotopic (exact) mass is 140 g/mol. The van der Waals surface area contributed by atoms with Gasteiger partial charge in [-0.1, -0.05) is 25.3 Å². The number of rotatable bonds is 4. The van der Waals surface area contributed by atoms with Crippen molar-refractivity contribution in [3.8, 4) is 0 Å². The fourth-order valence-corrected chi connectivity index (χ4v) is 0.687. The van der Waals surface area contributed by atoms with Gasteiger partial charge in [-0.05, 0) is 20.8 Å². The molecule has 0 aromatic rings. The maximum Gasteiger partial charge on any atom is 0.101 e. The zero-order chi connectivity index (χ0) is 8.20. The third-order valence-corrected chi connectivity index (χ3v) is 1.30. The van der Waals surface area contributed by atoms with E-state index in [-0.39, 0.29) is 11.7 Å². The first-order chi connectivity index (χ1) is 4.54. The molecular weight excluding hydrogens is 124 g/mol. The quantitative estimate of drug-likeness (QED) is 0.545. The predicted octanol–water partition coefficient (Wildman–Crippen LogP) is 2.54. The van der Waals surface area contributed by atoms with E-state index in [1.165, 1.54) is 0 Å².